The summed E-state index contributed by atoms with van der Waals surface area (Å²) < 4.78 is 46.5. The zero-order valence-corrected chi connectivity index (χ0v) is 17.6. The number of amides is 2. The van der Waals surface area contributed by atoms with Gasteiger partial charge in [-0.05, 0) is 31.9 Å². The number of fused-ring (bicyclic) bond motifs is 2. The summed E-state index contributed by atoms with van der Waals surface area (Å²) in [5.74, 6) is -0.872. The molecule has 32 heavy (non-hydrogen) atoms. The first-order chi connectivity index (χ1) is 15.0. The summed E-state index contributed by atoms with van der Waals surface area (Å²) in [6.07, 6.45) is -3.50. The van der Waals surface area contributed by atoms with Crippen LogP contribution in [-0.2, 0) is 27.7 Å². The lowest BCUT2D eigenvalue weighted by atomic mass is 9.82. The molecule has 172 valence electrons. The van der Waals surface area contributed by atoms with Crippen LogP contribution < -0.4 is 11.1 Å². The topological polar surface area (TPSA) is 115 Å². The van der Waals surface area contributed by atoms with Crippen LogP contribution in [0.3, 0.4) is 0 Å². The van der Waals surface area contributed by atoms with Crippen LogP contribution >= 0.6 is 0 Å². The van der Waals surface area contributed by atoms with Gasteiger partial charge >= 0.3 is 12.3 Å². The molecule has 4 heterocycles. The molecule has 0 aliphatic carbocycles. The molecule has 0 bridgehead atoms. The molecule has 0 saturated carbocycles. The number of nitrogen functional groups attached to an aromatic ring is 1. The van der Waals surface area contributed by atoms with Gasteiger partial charge < -0.3 is 20.7 Å². The fourth-order valence-corrected chi connectivity index (χ4v) is 4.45. The van der Waals surface area contributed by atoms with Crippen molar-refractivity contribution >= 4 is 17.8 Å². The average molecular weight is 452 g/mol. The Balaban J connectivity index is 1.56. The Labute approximate surface area is 181 Å². The third-order valence-corrected chi connectivity index (χ3v) is 6.15. The van der Waals surface area contributed by atoms with Gasteiger partial charge in [-0.1, -0.05) is 0 Å². The number of halogens is 3. The minimum atomic E-state index is -4.61. The van der Waals surface area contributed by atoms with Gasteiger partial charge in [-0.2, -0.15) is 18.3 Å². The van der Waals surface area contributed by atoms with Gasteiger partial charge in [-0.25, -0.2) is 9.78 Å². The van der Waals surface area contributed by atoms with Gasteiger partial charge in [0.05, 0.1) is 11.3 Å². The quantitative estimate of drug-likeness (QED) is 0.738. The van der Waals surface area contributed by atoms with E-state index in [9.17, 15) is 22.8 Å². The molecule has 2 amide bonds. The van der Waals surface area contributed by atoms with Gasteiger partial charge in [0.15, 0.2) is 6.10 Å². The molecule has 9 nitrogen and oxygen atoms in total. The van der Waals surface area contributed by atoms with Crippen LogP contribution in [-0.4, -0.2) is 57.9 Å². The van der Waals surface area contributed by atoms with E-state index in [1.54, 1.807) is 15.6 Å². The Morgan fingerprint density at radius 3 is 2.69 bits per heavy atom. The third kappa shape index (κ3) is 3.73. The van der Waals surface area contributed by atoms with E-state index in [0.29, 0.717) is 31.7 Å². The number of nitrogens with two attached hydrogens (primary N) is 1. The van der Waals surface area contributed by atoms with E-state index in [4.69, 9.17) is 10.5 Å². The number of alkyl carbamates (subject to hydrolysis) is 1. The highest BCUT2D eigenvalue weighted by Gasteiger charge is 2.47. The molecule has 4 rings (SSSR count). The smallest absolute Gasteiger partial charge is 0.419 e. The van der Waals surface area contributed by atoms with Crippen molar-refractivity contribution in [2.24, 2.45) is 0 Å². The average Bonchev–Trinajstić information content (AvgIpc) is 3.43. The van der Waals surface area contributed by atoms with E-state index >= 15 is 0 Å². The zero-order chi connectivity index (χ0) is 23.3. The van der Waals surface area contributed by atoms with Crippen molar-refractivity contribution in [3.63, 3.8) is 0 Å². The summed E-state index contributed by atoms with van der Waals surface area (Å²) in [6.45, 7) is 3.02. The highest BCUT2D eigenvalue weighted by atomic mass is 19.4. The molecule has 0 aromatic carbocycles. The molecule has 2 aliphatic heterocycles. The largest absolute Gasteiger partial charge is 0.436 e. The molecule has 2 aliphatic rings. The minimum absolute atomic E-state index is 0.224. The second kappa shape index (κ2) is 7.68. The van der Waals surface area contributed by atoms with Crippen LogP contribution in [0.5, 0.6) is 0 Å². The highest BCUT2D eigenvalue weighted by Crippen LogP contribution is 2.44. The highest BCUT2D eigenvalue weighted by molar-refractivity contribution is 5.83. The fourth-order valence-electron chi connectivity index (χ4n) is 4.45. The number of carbonyl (C=O) groups is 2. The normalized spacial score (nSPS) is 21.0. The monoisotopic (exact) mass is 452 g/mol. The van der Waals surface area contributed by atoms with Gasteiger partial charge in [-0.3, -0.25) is 9.48 Å². The van der Waals surface area contributed by atoms with Crippen LogP contribution in [0.15, 0.2) is 18.3 Å². The van der Waals surface area contributed by atoms with Crippen molar-refractivity contribution in [2.45, 2.75) is 44.0 Å². The minimum Gasteiger partial charge on any atom is -0.436 e. The first-order valence-corrected chi connectivity index (χ1v) is 10.1. The number of nitrogens with one attached hydrogen (secondary N) is 1. The number of carbonyl (C=O) groups excluding carboxylic acids is 2. The maximum Gasteiger partial charge on any atom is 0.419 e. The van der Waals surface area contributed by atoms with E-state index < -0.39 is 29.8 Å². The van der Waals surface area contributed by atoms with Crippen molar-refractivity contribution in [2.75, 3.05) is 25.9 Å². The Morgan fingerprint density at radius 1 is 1.28 bits per heavy atom. The fraction of sp³-hybridized carbons (Fsp3) is 0.500. The van der Waals surface area contributed by atoms with Crippen molar-refractivity contribution in [3.05, 3.63) is 29.6 Å². The lowest BCUT2D eigenvalue weighted by molar-refractivity contribution is -0.138. The number of rotatable bonds is 3. The molecule has 0 radical (unpaired) electrons. The van der Waals surface area contributed by atoms with E-state index in [2.05, 4.69) is 15.4 Å². The summed E-state index contributed by atoms with van der Waals surface area (Å²) in [5.41, 5.74) is 5.52. The second-order valence-corrected chi connectivity index (χ2v) is 8.13. The number of ether oxygens (including phenoxy) is 1. The van der Waals surface area contributed by atoms with Crippen LogP contribution in [0.4, 0.5) is 23.8 Å². The maximum absolute atomic E-state index is 13.2. The lowest BCUT2D eigenvalue weighted by Crippen LogP contribution is -2.41. The maximum atomic E-state index is 13.2. The SMILES string of the molecule is CNC(=O)O[C@H](C)C(=O)N1CC[C@@]2(CCn3nc(-c4cnc(N)c(C(F)(F)F)c4)cc32)C1. The third-order valence-electron chi connectivity index (χ3n) is 6.15. The summed E-state index contributed by atoms with van der Waals surface area (Å²) >= 11 is 0. The number of hydrogen-bond acceptors (Lipinski definition) is 6. The molecule has 1 saturated heterocycles. The van der Waals surface area contributed by atoms with Crippen LogP contribution in [0.1, 0.15) is 31.0 Å². The number of nitrogens with zero attached hydrogens (tertiary/aromatic N) is 4. The van der Waals surface area contributed by atoms with Crippen molar-refractivity contribution in [1.82, 2.24) is 25.0 Å². The molecule has 1 fully saturated rings. The molecular formula is C20H23F3N6O3. The molecular weight excluding hydrogens is 429 g/mol. The number of aromatic nitrogens is 3. The number of alkyl halides is 3. The van der Waals surface area contributed by atoms with E-state index in [0.717, 1.165) is 18.2 Å². The second-order valence-electron chi connectivity index (χ2n) is 8.13. The van der Waals surface area contributed by atoms with E-state index in [1.165, 1.54) is 20.2 Å². The molecule has 0 unspecified atom stereocenters. The summed E-state index contributed by atoms with van der Waals surface area (Å²) in [4.78, 5) is 29.5. The lowest BCUT2D eigenvalue weighted by Gasteiger charge is -2.25. The number of likely N-dealkylation sites (tertiary alicyclic amines) is 1. The van der Waals surface area contributed by atoms with Gasteiger partial charge in [0.25, 0.3) is 5.91 Å². The first-order valence-electron chi connectivity index (χ1n) is 10.1. The Morgan fingerprint density at radius 2 is 2.00 bits per heavy atom. The van der Waals surface area contributed by atoms with Crippen LogP contribution in [0, 0.1) is 0 Å². The summed E-state index contributed by atoms with van der Waals surface area (Å²) in [5, 5.41) is 6.79. The van der Waals surface area contributed by atoms with Gasteiger partial charge in [0.1, 0.15) is 5.82 Å². The molecule has 2 aromatic heterocycles. The van der Waals surface area contributed by atoms with Crippen molar-refractivity contribution < 1.29 is 27.5 Å². The Bertz CT molecular complexity index is 1070. The first kappa shape index (κ1) is 21.9. The standard InChI is InChI=1S/C20H23F3N6O3/c1-11(32-18(31)25-2)17(30)28-5-3-19(10-28)4-6-29-15(19)8-14(27-29)12-7-13(20(21,22)23)16(24)26-9-12/h7-9,11H,3-6,10H2,1-2H3,(H2,24,26)(H,25,31)/t11-,19-/m1/s1. The van der Waals surface area contributed by atoms with Crippen molar-refractivity contribution in [1.29, 1.82) is 0 Å². The zero-order valence-electron chi connectivity index (χ0n) is 17.6. The number of aryl methyl sites for hydroxylation is 1. The van der Waals surface area contributed by atoms with E-state index in [-0.39, 0.29) is 16.9 Å². The van der Waals surface area contributed by atoms with Crippen molar-refractivity contribution in [3.8, 4) is 11.3 Å². The molecule has 2 atom stereocenters. The number of anilines is 1. The van der Waals surface area contributed by atoms with Crippen LogP contribution in [0.25, 0.3) is 11.3 Å². The molecule has 2 aromatic rings. The summed E-state index contributed by atoms with van der Waals surface area (Å²) in [7, 11) is 1.41. The molecule has 1 spiro atoms. The number of hydrogen-bond donors (Lipinski definition) is 2. The summed E-state index contributed by atoms with van der Waals surface area (Å²) in [6, 6.07) is 2.72. The van der Waals surface area contributed by atoms with Gasteiger partial charge in [0.2, 0.25) is 0 Å². The van der Waals surface area contributed by atoms with Crippen LogP contribution in [0.2, 0.25) is 0 Å². The van der Waals surface area contributed by atoms with Gasteiger partial charge in [0, 0.05) is 49.6 Å². The molecule has 3 N–H and O–H groups in total. The van der Waals surface area contributed by atoms with E-state index in [1.807, 2.05) is 0 Å². The van der Waals surface area contributed by atoms with Gasteiger partial charge in [-0.15, -0.1) is 0 Å². The number of pyridine rings is 1. The predicted molar refractivity (Wildman–Crippen MR) is 107 cm³/mol. The predicted octanol–water partition coefficient (Wildman–Crippen LogP) is 2.16. The Kier molecular flexibility index (Phi) is 5.25. The Hall–Kier alpha value is -3.31. The molecule has 12 heteroatoms.